The number of carbonyl (C=O) groups excluding carboxylic acids is 2. The van der Waals surface area contributed by atoms with Gasteiger partial charge in [0, 0.05) is 22.4 Å². The van der Waals surface area contributed by atoms with Crippen molar-refractivity contribution in [1.82, 2.24) is 0 Å². The summed E-state index contributed by atoms with van der Waals surface area (Å²) in [7, 11) is 0. The third kappa shape index (κ3) is 4.80. The zero-order chi connectivity index (χ0) is 21.2. The van der Waals surface area contributed by atoms with Crippen LogP contribution >= 0.6 is 0 Å². The summed E-state index contributed by atoms with van der Waals surface area (Å²) in [6.45, 7) is 10.4. The Morgan fingerprint density at radius 3 is 2.10 bits per heavy atom. The predicted molar refractivity (Wildman–Crippen MR) is 119 cm³/mol. The second-order valence-corrected chi connectivity index (χ2v) is 8.51. The Morgan fingerprint density at radius 2 is 1.48 bits per heavy atom. The smallest absolute Gasteiger partial charge is 0.255 e. The highest BCUT2D eigenvalue weighted by atomic mass is 16.1. The molecule has 3 rings (SSSR count). The Bertz CT molecular complexity index is 1060. The van der Waals surface area contributed by atoms with E-state index in [9.17, 15) is 9.59 Å². The molecule has 0 heterocycles. The van der Waals surface area contributed by atoms with Gasteiger partial charge in [0.2, 0.25) is 0 Å². The molecule has 0 aliphatic heterocycles. The van der Waals surface area contributed by atoms with Crippen LogP contribution < -0.4 is 5.32 Å². The van der Waals surface area contributed by atoms with Crippen LogP contribution in [0.1, 0.15) is 63.7 Å². The number of benzene rings is 3. The van der Waals surface area contributed by atoms with E-state index < -0.39 is 0 Å². The Hall–Kier alpha value is -3.20. The van der Waals surface area contributed by atoms with E-state index in [1.54, 1.807) is 24.3 Å². The van der Waals surface area contributed by atoms with Crippen molar-refractivity contribution in [3.05, 3.63) is 100 Å². The fourth-order valence-corrected chi connectivity index (χ4v) is 3.29. The van der Waals surface area contributed by atoms with Crippen LogP contribution in [0.15, 0.2) is 66.7 Å². The molecule has 0 saturated heterocycles. The van der Waals surface area contributed by atoms with E-state index in [-0.39, 0.29) is 17.1 Å². The maximum absolute atomic E-state index is 12.9. The minimum Gasteiger partial charge on any atom is -0.322 e. The highest BCUT2D eigenvalue weighted by molar-refractivity contribution is 6.10. The fraction of sp³-hybridized carbons (Fsp3) is 0.231. The van der Waals surface area contributed by atoms with Crippen molar-refractivity contribution in [1.29, 1.82) is 0 Å². The summed E-state index contributed by atoms with van der Waals surface area (Å²) in [5, 5.41) is 2.90. The molecular weight excluding hydrogens is 358 g/mol. The number of carbonyl (C=O) groups is 2. The van der Waals surface area contributed by atoms with Gasteiger partial charge in [-0.15, -0.1) is 0 Å². The van der Waals surface area contributed by atoms with Crippen molar-refractivity contribution in [3.63, 3.8) is 0 Å². The Labute approximate surface area is 172 Å². The van der Waals surface area contributed by atoms with E-state index in [0.29, 0.717) is 22.4 Å². The van der Waals surface area contributed by atoms with E-state index in [2.05, 4.69) is 26.1 Å². The maximum atomic E-state index is 12.9. The Balaban J connectivity index is 1.80. The molecular formula is C26H27NO2. The van der Waals surface area contributed by atoms with Gasteiger partial charge in [0.25, 0.3) is 5.91 Å². The van der Waals surface area contributed by atoms with Crippen molar-refractivity contribution in [3.8, 4) is 0 Å². The third-order valence-electron chi connectivity index (χ3n) is 5.02. The summed E-state index contributed by atoms with van der Waals surface area (Å²) in [6, 6.07) is 20.5. The molecule has 0 fully saturated rings. The van der Waals surface area contributed by atoms with Gasteiger partial charge in [0.1, 0.15) is 0 Å². The first-order valence-electron chi connectivity index (χ1n) is 9.79. The first-order chi connectivity index (χ1) is 13.6. The lowest BCUT2D eigenvalue weighted by atomic mass is 9.86. The number of anilines is 1. The lowest BCUT2D eigenvalue weighted by Crippen LogP contribution is -2.14. The summed E-state index contributed by atoms with van der Waals surface area (Å²) in [6.07, 6.45) is 0. The molecule has 3 heteroatoms. The standard InChI is InChI=1S/C26H27NO2/c1-17-9-14-23(18(2)15-17)25(29)27-22-8-6-7-20(16-22)24(28)19-10-12-21(13-11-19)26(3,4)5/h6-16H,1-5H3,(H,27,29). The van der Waals surface area contributed by atoms with Gasteiger partial charge in [0.15, 0.2) is 5.78 Å². The van der Waals surface area contributed by atoms with E-state index in [1.807, 2.05) is 56.3 Å². The second kappa shape index (κ2) is 8.04. The molecule has 0 saturated carbocycles. The van der Waals surface area contributed by atoms with Gasteiger partial charge in [-0.3, -0.25) is 9.59 Å². The SMILES string of the molecule is Cc1ccc(C(=O)Nc2cccc(C(=O)c3ccc(C(C)(C)C)cc3)c2)c(C)c1. The Kier molecular flexibility index (Phi) is 5.69. The van der Waals surface area contributed by atoms with Crippen LogP contribution in [0.25, 0.3) is 0 Å². The van der Waals surface area contributed by atoms with Crippen LogP contribution in [0.4, 0.5) is 5.69 Å². The minimum absolute atomic E-state index is 0.0416. The van der Waals surface area contributed by atoms with Gasteiger partial charge >= 0.3 is 0 Å². The average molecular weight is 386 g/mol. The van der Waals surface area contributed by atoms with Gasteiger partial charge in [-0.2, -0.15) is 0 Å². The van der Waals surface area contributed by atoms with Crippen LogP contribution in [0.5, 0.6) is 0 Å². The van der Waals surface area contributed by atoms with Crippen LogP contribution in [0.3, 0.4) is 0 Å². The molecule has 0 bridgehead atoms. The molecule has 0 unspecified atom stereocenters. The largest absolute Gasteiger partial charge is 0.322 e. The summed E-state index contributed by atoms with van der Waals surface area (Å²) < 4.78 is 0. The second-order valence-electron chi connectivity index (χ2n) is 8.51. The van der Waals surface area contributed by atoms with Gasteiger partial charge < -0.3 is 5.32 Å². The van der Waals surface area contributed by atoms with Crippen LogP contribution in [-0.2, 0) is 5.41 Å². The van der Waals surface area contributed by atoms with Crippen molar-refractivity contribution < 1.29 is 9.59 Å². The molecule has 1 amide bonds. The summed E-state index contributed by atoms with van der Waals surface area (Å²) in [5.41, 5.74) is 5.68. The van der Waals surface area contributed by atoms with Gasteiger partial charge in [-0.1, -0.05) is 74.9 Å². The quantitative estimate of drug-likeness (QED) is 0.553. The van der Waals surface area contributed by atoms with Crippen LogP contribution in [0, 0.1) is 13.8 Å². The lowest BCUT2D eigenvalue weighted by Gasteiger charge is -2.19. The van der Waals surface area contributed by atoms with Crippen molar-refractivity contribution >= 4 is 17.4 Å². The predicted octanol–water partition coefficient (Wildman–Crippen LogP) is 6.08. The number of aryl methyl sites for hydroxylation is 2. The molecule has 0 aliphatic rings. The summed E-state index contributed by atoms with van der Waals surface area (Å²) in [4.78, 5) is 25.5. The number of amides is 1. The molecule has 3 nitrogen and oxygen atoms in total. The van der Waals surface area contributed by atoms with E-state index in [1.165, 1.54) is 5.56 Å². The molecule has 3 aromatic rings. The molecule has 0 aromatic heterocycles. The summed E-state index contributed by atoms with van der Waals surface area (Å²) >= 11 is 0. The highest BCUT2D eigenvalue weighted by Gasteiger charge is 2.16. The van der Waals surface area contributed by atoms with E-state index in [4.69, 9.17) is 0 Å². The van der Waals surface area contributed by atoms with E-state index in [0.717, 1.165) is 11.1 Å². The lowest BCUT2D eigenvalue weighted by molar-refractivity contribution is 0.102. The molecule has 0 spiro atoms. The number of nitrogens with one attached hydrogen (secondary N) is 1. The monoisotopic (exact) mass is 385 g/mol. The van der Waals surface area contributed by atoms with Crippen LogP contribution in [-0.4, -0.2) is 11.7 Å². The van der Waals surface area contributed by atoms with E-state index >= 15 is 0 Å². The number of ketones is 1. The highest BCUT2D eigenvalue weighted by Crippen LogP contribution is 2.23. The van der Waals surface area contributed by atoms with Crippen LogP contribution in [0.2, 0.25) is 0 Å². The van der Waals surface area contributed by atoms with Gasteiger partial charge in [0.05, 0.1) is 0 Å². The average Bonchev–Trinajstić information content (AvgIpc) is 2.67. The Morgan fingerprint density at radius 1 is 0.793 bits per heavy atom. The molecule has 29 heavy (non-hydrogen) atoms. The molecule has 148 valence electrons. The van der Waals surface area contributed by atoms with Crippen molar-refractivity contribution in [2.45, 2.75) is 40.0 Å². The summed E-state index contributed by atoms with van der Waals surface area (Å²) in [5.74, 6) is -0.241. The first kappa shape index (κ1) is 20.5. The normalized spacial score (nSPS) is 11.2. The molecule has 0 aliphatic carbocycles. The van der Waals surface area contributed by atoms with Gasteiger partial charge in [-0.25, -0.2) is 0 Å². The maximum Gasteiger partial charge on any atom is 0.255 e. The molecule has 0 atom stereocenters. The zero-order valence-corrected chi connectivity index (χ0v) is 17.7. The number of hydrogen-bond acceptors (Lipinski definition) is 2. The zero-order valence-electron chi connectivity index (χ0n) is 17.7. The van der Waals surface area contributed by atoms with Gasteiger partial charge in [-0.05, 0) is 48.6 Å². The fourth-order valence-electron chi connectivity index (χ4n) is 3.29. The number of rotatable bonds is 4. The van der Waals surface area contributed by atoms with Crippen molar-refractivity contribution in [2.75, 3.05) is 5.32 Å². The first-order valence-corrected chi connectivity index (χ1v) is 9.79. The molecule has 1 N–H and O–H groups in total. The van der Waals surface area contributed by atoms with Crippen molar-refractivity contribution in [2.24, 2.45) is 0 Å². The topological polar surface area (TPSA) is 46.2 Å². The molecule has 3 aromatic carbocycles. The number of hydrogen-bond donors (Lipinski definition) is 1. The third-order valence-corrected chi connectivity index (χ3v) is 5.02. The molecule has 0 radical (unpaired) electrons. The minimum atomic E-state index is -0.179.